The lowest BCUT2D eigenvalue weighted by Crippen LogP contribution is -2.40. The number of pyridine rings is 1. The van der Waals surface area contributed by atoms with Gasteiger partial charge in [-0.05, 0) is 44.5 Å². The number of H-pyrrole nitrogens is 1. The molecule has 4 N–H and O–H groups in total. The van der Waals surface area contributed by atoms with E-state index in [0.29, 0.717) is 5.82 Å². The molecular weight excluding hydrogens is 226 g/mol. The van der Waals surface area contributed by atoms with Crippen LogP contribution in [0, 0.1) is 0 Å². The number of hydrogen-bond acceptors (Lipinski definition) is 4. The minimum atomic E-state index is 0.167. The average molecular weight is 245 g/mol. The molecule has 0 bridgehead atoms. The summed E-state index contributed by atoms with van der Waals surface area (Å²) in [5, 5.41) is 3.41. The molecule has 96 valence electrons. The Morgan fingerprint density at radius 2 is 2.06 bits per heavy atom. The number of piperidine rings is 1. The summed E-state index contributed by atoms with van der Waals surface area (Å²) in [6, 6.07) is 3.77. The van der Waals surface area contributed by atoms with Crippen molar-refractivity contribution >= 4 is 17.0 Å². The third kappa shape index (κ3) is 1.75. The predicted molar refractivity (Wildman–Crippen MR) is 72.4 cm³/mol. The minimum absolute atomic E-state index is 0.167. The average Bonchev–Trinajstić information content (AvgIpc) is 2.83. The van der Waals surface area contributed by atoms with Gasteiger partial charge in [-0.2, -0.15) is 0 Å². The molecule has 0 unspecified atom stereocenters. The van der Waals surface area contributed by atoms with Gasteiger partial charge >= 0.3 is 0 Å². The molecular formula is C13H19N5. The van der Waals surface area contributed by atoms with Crippen molar-refractivity contribution in [2.75, 3.05) is 18.8 Å². The van der Waals surface area contributed by atoms with Crippen LogP contribution in [0.1, 0.15) is 32.0 Å². The molecule has 0 radical (unpaired) electrons. The molecule has 1 fully saturated rings. The smallest absolute Gasteiger partial charge is 0.179 e. The quantitative estimate of drug-likeness (QED) is 0.750. The van der Waals surface area contributed by atoms with Crippen LogP contribution in [0.15, 0.2) is 12.1 Å². The first-order chi connectivity index (χ1) is 8.73. The van der Waals surface area contributed by atoms with Crippen LogP contribution in [0.4, 0.5) is 5.82 Å². The maximum atomic E-state index is 5.70. The maximum Gasteiger partial charge on any atom is 0.179 e. The molecule has 18 heavy (non-hydrogen) atoms. The number of nitrogens with two attached hydrogens (primary N) is 1. The summed E-state index contributed by atoms with van der Waals surface area (Å²) in [7, 11) is 0. The normalized spacial score (nSPS) is 19.2. The fourth-order valence-electron chi connectivity index (χ4n) is 2.82. The predicted octanol–water partition coefficient (Wildman–Crippen LogP) is 1.57. The number of imidazole rings is 1. The zero-order valence-electron chi connectivity index (χ0n) is 10.7. The Labute approximate surface area is 106 Å². The van der Waals surface area contributed by atoms with E-state index in [9.17, 15) is 0 Å². The molecule has 0 amide bonds. The van der Waals surface area contributed by atoms with Crippen molar-refractivity contribution in [1.29, 1.82) is 0 Å². The van der Waals surface area contributed by atoms with E-state index in [1.165, 1.54) is 0 Å². The molecule has 1 aliphatic rings. The Morgan fingerprint density at radius 3 is 2.78 bits per heavy atom. The van der Waals surface area contributed by atoms with Crippen molar-refractivity contribution in [1.82, 2.24) is 20.3 Å². The minimum Gasteiger partial charge on any atom is -0.384 e. The van der Waals surface area contributed by atoms with Crippen molar-refractivity contribution in [2.45, 2.75) is 31.6 Å². The van der Waals surface area contributed by atoms with E-state index in [0.717, 1.165) is 49.3 Å². The highest BCUT2D eigenvalue weighted by Crippen LogP contribution is 2.35. The lowest BCUT2D eigenvalue weighted by atomic mass is 9.76. The third-order valence-electron chi connectivity index (χ3n) is 4.11. The van der Waals surface area contributed by atoms with E-state index in [2.05, 4.69) is 27.2 Å². The molecule has 0 saturated carbocycles. The van der Waals surface area contributed by atoms with Crippen LogP contribution >= 0.6 is 0 Å². The van der Waals surface area contributed by atoms with Gasteiger partial charge in [0.15, 0.2) is 5.65 Å². The van der Waals surface area contributed by atoms with Crippen LogP contribution in [0.3, 0.4) is 0 Å². The fraction of sp³-hybridized carbons (Fsp3) is 0.538. The lowest BCUT2D eigenvalue weighted by molar-refractivity contribution is 0.285. The highest BCUT2D eigenvalue weighted by molar-refractivity contribution is 5.72. The first-order valence-electron chi connectivity index (χ1n) is 6.57. The van der Waals surface area contributed by atoms with E-state index in [1.54, 1.807) is 0 Å². The largest absolute Gasteiger partial charge is 0.384 e. The van der Waals surface area contributed by atoms with Crippen LogP contribution in [0.5, 0.6) is 0 Å². The van der Waals surface area contributed by atoms with E-state index in [4.69, 9.17) is 5.73 Å². The number of aromatic amines is 1. The monoisotopic (exact) mass is 245 g/mol. The molecule has 2 aromatic heterocycles. The second-order valence-corrected chi connectivity index (χ2v) is 5.08. The second-order valence-electron chi connectivity index (χ2n) is 5.08. The van der Waals surface area contributed by atoms with Gasteiger partial charge < -0.3 is 16.0 Å². The molecule has 0 atom stereocenters. The Morgan fingerprint density at radius 1 is 1.28 bits per heavy atom. The Bertz CT molecular complexity index is 554. The van der Waals surface area contributed by atoms with Crippen LogP contribution in [0.25, 0.3) is 11.2 Å². The Hall–Kier alpha value is -1.62. The molecule has 0 spiro atoms. The molecule has 5 heteroatoms. The third-order valence-corrected chi connectivity index (χ3v) is 4.11. The molecule has 3 rings (SSSR count). The van der Waals surface area contributed by atoms with Crippen LogP contribution < -0.4 is 11.1 Å². The van der Waals surface area contributed by atoms with Crippen molar-refractivity contribution in [3.8, 4) is 0 Å². The maximum absolute atomic E-state index is 5.70. The van der Waals surface area contributed by atoms with E-state index >= 15 is 0 Å². The van der Waals surface area contributed by atoms with Crippen LogP contribution in [-0.4, -0.2) is 28.0 Å². The summed E-state index contributed by atoms with van der Waals surface area (Å²) in [4.78, 5) is 12.4. The fourth-order valence-corrected chi connectivity index (χ4v) is 2.82. The standard InChI is InChI=1S/C13H19N5/c1-2-13(5-7-15-8-6-13)12-16-9-3-4-10(14)17-11(9)18-12/h3-4,15H,2,5-8H2,1H3,(H3,14,16,17,18). The highest BCUT2D eigenvalue weighted by Gasteiger charge is 2.35. The number of nitrogens with one attached hydrogen (secondary N) is 2. The van der Waals surface area contributed by atoms with Gasteiger partial charge in [0.05, 0.1) is 5.52 Å². The van der Waals surface area contributed by atoms with Gasteiger partial charge in [0.1, 0.15) is 11.6 Å². The van der Waals surface area contributed by atoms with Crippen LogP contribution in [-0.2, 0) is 5.41 Å². The lowest BCUT2D eigenvalue weighted by Gasteiger charge is -2.34. The molecule has 1 aliphatic heterocycles. The molecule has 0 aromatic carbocycles. The summed E-state index contributed by atoms with van der Waals surface area (Å²) in [5.74, 6) is 1.59. The first-order valence-corrected chi connectivity index (χ1v) is 6.57. The first kappa shape index (κ1) is 11.5. The van der Waals surface area contributed by atoms with E-state index < -0.39 is 0 Å². The topological polar surface area (TPSA) is 79.6 Å². The van der Waals surface area contributed by atoms with Gasteiger partial charge in [-0.3, -0.25) is 0 Å². The summed E-state index contributed by atoms with van der Waals surface area (Å²) in [6.07, 6.45) is 3.35. The van der Waals surface area contributed by atoms with E-state index in [1.807, 2.05) is 12.1 Å². The summed E-state index contributed by atoms with van der Waals surface area (Å²) in [6.45, 7) is 4.35. The number of hydrogen-bond donors (Lipinski definition) is 3. The number of rotatable bonds is 2. The number of nitrogens with zero attached hydrogens (tertiary/aromatic N) is 2. The van der Waals surface area contributed by atoms with Crippen molar-refractivity contribution in [2.24, 2.45) is 0 Å². The van der Waals surface area contributed by atoms with Gasteiger partial charge in [-0.15, -0.1) is 0 Å². The van der Waals surface area contributed by atoms with Crippen LogP contribution in [0.2, 0.25) is 0 Å². The molecule has 0 aliphatic carbocycles. The molecule has 5 nitrogen and oxygen atoms in total. The van der Waals surface area contributed by atoms with E-state index in [-0.39, 0.29) is 5.41 Å². The summed E-state index contributed by atoms with van der Waals surface area (Å²) < 4.78 is 0. The zero-order chi connectivity index (χ0) is 12.6. The number of nitrogen functional groups attached to an aromatic ring is 1. The number of fused-ring (bicyclic) bond motifs is 1. The van der Waals surface area contributed by atoms with Gasteiger partial charge in [0.2, 0.25) is 0 Å². The van der Waals surface area contributed by atoms with Gasteiger partial charge in [0.25, 0.3) is 0 Å². The number of aromatic nitrogens is 3. The summed E-state index contributed by atoms with van der Waals surface area (Å²) in [5.41, 5.74) is 7.58. The molecule has 2 aromatic rings. The molecule has 1 saturated heterocycles. The van der Waals surface area contributed by atoms with Crippen molar-refractivity contribution in [3.05, 3.63) is 18.0 Å². The SMILES string of the molecule is CCC1(c2nc3nc(N)ccc3[nH]2)CCNCC1. The molecule has 3 heterocycles. The van der Waals surface area contributed by atoms with Gasteiger partial charge in [0, 0.05) is 5.41 Å². The zero-order valence-corrected chi connectivity index (χ0v) is 10.7. The van der Waals surface area contributed by atoms with Crippen molar-refractivity contribution in [3.63, 3.8) is 0 Å². The summed E-state index contributed by atoms with van der Waals surface area (Å²) >= 11 is 0. The Kier molecular flexibility index (Phi) is 2.70. The number of anilines is 1. The Balaban J connectivity index is 2.06. The van der Waals surface area contributed by atoms with Gasteiger partial charge in [-0.25, -0.2) is 9.97 Å². The van der Waals surface area contributed by atoms with Crippen molar-refractivity contribution < 1.29 is 0 Å². The van der Waals surface area contributed by atoms with Gasteiger partial charge in [-0.1, -0.05) is 6.92 Å². The highest BCUT2D eigenvalue weighted by atomic mass is 15.0. The second kappa shape index (κ2) is 4.24.